The average Bonchev–Trinajstić information content (AvgIpc) is 3.06. The number of hydrogen-bond donors (Lipinski definition) is 3. The third-order valence-electron chi connectivity index (χ3n) is 3.01. The Hall–Kier alpha value is -2.27. The van der Waals surface area contributed by atoms with Gasteiger partial charge in [-0.15, -0.1) is 5.10 Å². The van der Waals surface area contributed by atoms with Crippen molar-refractivity contribution in [3.8, 4) is 0 Å². The van der Waals surface area contributed by atoms with Crippen molar-refractivity contribution in [2.45, 2.75) is 24.2 Å². The van der Waals surface area contributed by atoms with Gasteiger partial charge in [-0.3, -0.25) is 5.41 Å². The van der Waals surface area contributed by atoms with E-state index in [1.54, 1.807) is 0 Å². The smallest absolute Gasteiger partial charge is 0.235 e. The van der Waals surface area contributed by atoms with Gasteiger partial charge < -0.3 is 19.7 Å². The molecule has 0 amide bonds. The fraction of sp³-hybridized carbons (Fsp3) is 0.667. The number of hydrogen-bond acceptors (Lipinski definition) is 8. The van der Waals surface area contributed by atoms with Crippen LogP contribution in [0.5, 0.6) is 0 Å². The Bertz CT molecular complexity index is 588. The zero-order valence-electron chi connectivity index (χ0n) is 10.8. The molecule has 3 N–H and O–H groups in total. The molecule has 0 bridgehead atoms. The Morgan fingerprint density at radius 2 is 2.52 bits per heavy atom. The van der Waals surface area contributed by atoms with E-state index in [1.165, 1.54) is 13.3 Å². The van der Waals surface area contributed by atoms with Crippen LogP contribution in [0.1, 0.15) is 11.9 Å². The summed E-state index contributed by atoms with van der Waals surface area (Å²) in [5.41, 5.74) is 6.33. The van der Waals surface area contributed by atoms with Crippen LogP contribution in [0.3, 0.4) is 0 Å². The Kier molecular flexibility index (Phi) is 4.04. The van der Waals surface area contributed by atoms with E-state index >= 15 is 0 Å². The van der Waals surface area contributed by atoms with Crippen molar-refractivity contribution in [2.75, 3.05) is 13.7 Å². The first-order chi connectivity index (χ1) is 9.99. The molecule has 1 unspecified atom stereocenters. The van der Waals surface area contributed by atoms with Gasteiger partial charge in [0.25, 0.3) is 0 Å². The van der Waals surface area contributed by atoms with Crippen LogP contribution in [0.25, 0.3) is 10.4 Å². The summed E-state index contributed by atoms with van der Waals surface area (Å²) in [7, 11) is 1.26. The summed E-state index contributed by atoms with van der Waals surface area (Å²) in [5, 5.41) is 36.7. The first-order valence-electron chi connectivity index (χ1n) is 5.71. The SMILES string of the molecule is COC(=N)c1cn([C@@H]2OC(CO)(N=[N+]=[N-])[C@@H](O)[C@@H]2F)nn1. The maximum Gasteiger partial charge on any atom is 0.235 e. The van der Waals surface area contributed by atoms with E-state index in [1.807, 2.05) is 0 Å². The number of nitrogens with one attached hydrogen (secondary N) is 1. The van der Waals surface area contributed by atoms with Crippen LogP contribution >= 0.6 is 0 Å². The molecule has 1 aliphatic rings. The van der Waals surface area contributed by atoms with E-state index in [2.05, 4.69) is 25.1 Å². The number of azide groups is 1. The molecule has 21 heavy (non-hydrogen) atoms. The molecule has 4 atom stereocenters. The van der Waals surface area contributed by atoms with Crippen molar-refractivity contribution >= 4 is 5.90 Å². The highest BCUT2D eigenvalue weighted by Gasteiger charge is 2.56. The van der Waals surface area contributed by atoms with Crippen molar-refractivity contribution in [3.05, 3.63) is 22.3 Å². The lowest BCUT2D eigenvalue weighted by atomic mass is 10.1. The highest BCUT2D eigenvalue weighted by molar-refractivity contribution is 5.88. The van der Waals surface area contributed by atoms with Crippen LogP contribution in [0.2, 0.25) is 0 Å². The third-order valence-corrected chi connectivity index (χ3v) is 3.01. The summed E-state index contributed by atoms with van der Waals surface area (Å²) in [4.78, 5) is 2.43. The molecule has 1 fully saturated rings. The Balaban J connectivity index is 2.31. The molecule has 1 aromatic rings. The van der Waals surface area contributed by atoms with Gasteiger partial charge >= 0.3 is 0 Å². The van der Waals surface area contributed by atoms with Crippen LogP contribution in [-0.4, -0.2) is 62.8 Å². The second kappa shape index (κ2) is 5.61. The van der Waals surface area contributed by atoms with E-state index in [-0.39, 0.29) is 11.6 Å². The number of rotatable bonds is 4. The summed E-state index contributed by atoms with van der Waals surface area (Å²) in [6, 6.07) is 0. The Morgan fingerprint density at radius 1 is 1.81 bits per heavy atom. The fourth-order valence-electron chi connectivity index (χ4n) is 1.88. The summed E-state index contributed by atoms with van der Waals surface area (Å²) >= 11 is 0. The maximum atomic E-state index is 14.1. The summed E-state index contributed by atoms with van der Waals surface area (Å²) in [5.74, 6) is -0.293. The van der Waals surface area contributed by atoms with E-state index in [9.17, 15) is 14.6 Å². The van der Waals surface area contributed by atoms with Gasteiger partial charge in [0.15, 0.2) is 18.1 Å². The predicted molar refractivity (Wildman–Crippen MR) is 63.8 cm³/mol. The molecule has 2 rings (SSSR count). The Morgan fingerprint density at radius 3 is 3.10 bits per heavy atom. The monoisotopic (exact) mass is 301 g/mol. The zero-order chi connectivity index (χ0) is 15.6. The number of aliphatic hydroxyl groups excluding tert-OH is 2. The number of halogens is 1. The topological polar surface area (TPSA) is 162 Å². The van der Waals surface area contributed by atoms with Crippen LogP contribution in [0, 0.1) is 5.41 Å². The highest BCUT2D eigenvalue weighted by atomic mass is 19.1. The van der Waals surface area contributed by atoms with Crippen molar-refractivity contribution in [2.24, 2.45) is 5.11 Å². The second-order valence-corrected chi connectivity index (χ2v) is 4.21. The van der Waals surface area contributed by atoms with Crippen molar-refractivity contribution in [1.82, 2.24) is 15.0 Å². The van der Waals surface area contributed by atoms with Crippen molar-refractivity contribution in [1.29, 1.82) is 5.41 Å². The standard InChI is InChI=1S/C9H12FN7O4/c1-20-7(11)4-2-17(16-13-4)8-5(10)6(19)9(3-18,21-8)14-15-12/h2,5-6,8,11,18-19H,3H2,1H3/t5-,6-,8+,9?/m0/s1. The number of aromatic nitrogens is 3. The lowest BCUT2D eigenvalue weighted by molar-refractivity contribution is -0.126. The van der Waals surface area contributed by atoms with Crippen LogP contribution in [0.4, 0.5) is 4.39 Å². The number of aliphatic hydroxyl groups is 2. The van der Waals surface area contributed by atoms with Gasteiger partial charge in [-0.2, -0.15) is 0 Å². The molecule has 0 aromatic carbocycles. The van der Waals surface area contributed by atoms with Crippen molar-refractivity contribution < 1.29 is 24.1 Å². The highest BCUT2D eigenvalue weighted by Crippen LogP contribution is 2.39. The number of ether oxygens (including phenoxy) is 2. The average molecular weight is 301 g/mol. The van der Waals surface area contributed by atoms with Gasteiger partial charge in [0, 0.05) is 4.91 Å². The molecule has 0 saturated carbocycles. The normalized spacial score (nSPS) is 31.7. The summed E-state index contributed by atoms with van der Waals surface area (Å²) in [6.07, 6.45) is -4.20. The van der Waals surface area contributed by atoms with E-state index in [4.69, 9.17) is 15.7 Å². The van der Waals surface area contributed by atoms with Crippen LogP contribution in [-0.2, 0) is 9.47 Å². The van der Waals surface area contributed by atoms with Gasteiger partial charge in [0.2, 0.25) is 11.6 Å². The van der Waals surface area contributed by atoms with Crippen LogP contribution in [0.15, 0.2) is 11.3 Å². The predicted octanol–water partition coefficient (Wildman–Crippen LogP) is -0.523. The lowest BCUT2D eigenvalue weighted by Crippen LogP contribution is -2.43. The minimum atomic E-state index is -2.14. The van der Waals surface area contributed by atoms with Crippen molar-refractivity contribution in [3.63, 3.8) is 0 Å². The molecular formula is C9H12FN7O4. The maximum absolute atomic E-state index is 14.1. The molecule has 0 radical (unpaired) electrons. The number of alkyl halides is 1. The number of nitrogens with zero attached hydrogens (tertiary/aromatic N) is 6. The van der Waals surface area contributed by atoms with Crippen LogP contribution < -0.4 is 0 Å². The van der Waals surface area contributed by atoms with Gasteiger partial charge in [-0.25, -0.2) is 9.07 Å². The minimum Gasteiger partial charge on any atom is -0.480 e. The molecule has 0 spiro atoms. The van der Waals surface area contributed by atoms with Gasteiger partial charge in [0.05, 0.1) is 19.9 Å². The minimum absolute atomic E-state index is 0.0214. The van der Waals surface area contributed by atoms with Gasteiger partial charge in [-0.1, -0.05) is 10.3 Å². The first-order valence-corrected chi connectivity index (χ1v) is 5.71. The molecule has 11 nitrogen and oxygen atoms in total. The fourth-order valence-corrected chi connectivity index (χ4v) is 1.88. The van der Waals surface area contributed by atoms with E-state index in [0.717, 1.165) is 4.68 Å². The molecule has 2 heterocycles. The van der Waals surface area contributed by atoms with E-state index < -0.39 is 30.8 Å². The quantitative estimate of drug-likeness (QED) is 0.223. The Labute approximate surface area is 117 Å². The van der Waals surface area contributed by atoms with Gasteiger partial charge in [0.1, 0.15) is 6.10 Å². The first kappa shape index (κ1) is 15.1. The second-order valence-electron chi connectivity index (χ2n) is 4.21. The molecule has 114 valence electrons. The molecule has 12 heteroatoms. The summed E-state index contributed by atoms with van der Waals surface area (Å²) < 4.78 is 24.8. The zero-order valence-corrected chi connectivity index (χ0v) is 10.8. The largest absolute Gasteiger partial charge is 0.480 e. The molecule has 1 aliphatic heterocycles. The lowest BCUT2D eigenvalue weighted by Gasteiger charge is -2.23. The number of methoxy groups -OCH3 is 1. The van der Waals surface area contributed by atoms with E-state index in [0.29, 0.717) is 0 Å². The molecule has 1 aromatic heterocycles. The molecular weight excluding hydrogens is 289 g/mol. The molecule has 0 aliphatic carbocycles. The van der Waals surface area contributed by atoms with Gasteiger partial charge in [-0.05, 0) is 5.53 Å². The third kappa shape index (κ3) is 2.40. The molecule has 1 saturated heterocycles. The summed E-state index contributed by atoms with van der Waals surface area (Å²) in [6.45, 7) is -0.912.